The molecule has 0 saturated heterocycles. The first-order valence-electron chi connectivity index (χ1n) is 8.41. The Bertz CT molecular complexity index is 1040. The van der Waals surface area contributed by atoms with Crippen LogP contribution in [0.25, 0.3) is 11.3 Å². The normalized spacial score (nSPS) is 15.0. The zero-order chi connectivity index (χ0) is 18.6. The van der Waals surface area contributed by atoms with Crippen LogP contribution in [-0.2, 0) is 5.66 Å². The maximum Gasteiger partial charge on any atom is 0.269 e. The highest BCUT2D eigenvalue weighted by Gasteiger charge is 2.36. The van der Waals surface area contributed by atoms with E-state index in [1.54, 1.807) is 23.8 Å². The van der Waals surface area contributed by atoms with Crippen LogP contribution < -0.4 is 10.8 Å². The minimum atomic E-state index is -0.561. The van der Waals surface area contributed by atoms with Gasteiger partial charge in [-0.25, -0.2) is 0 Å². The third-order valence-electron chi connectivity index (χ3n) is 4.75. The summed E-state index contributed by atoms with van der Waals surface area (Å²) in [6.45, 7) is 5.49. The smallest absolute Gasteiger partial charge is 0.269 e. The lowest BCUT2D eigenvalue weighted by atomic mass is 9.93. The lowest BCUT2D eigenvalue weighted by Gasteiger charge is -2.20. The summed E-state index contributed by atoms with van der Waals surface area (Å²) in [5, 5.41) is 6.96. The minimum Gasteiger partial charge on any atom is -0.360 e. The molecule has 1 amide bonds. The van der Waals surface area contributed by atoms with Crippen molar-refractivity contribution in [1.29, 1.82) is 0 Å². The number of nitrogens with zero attached hydrogens (tertiary/aromatic N) is 2. The molecule has 3 aromatic rings. The van der Waals surface area contributed by atoms with Crippen LogP contribution in [-0.4, -0.2) is 29.3 Å². The van der Waals surface area contributed by atoms with Gasteiger partial charge in [-0.05, 0) is 26.8 Å². The molecular formula is C19H18BN3O3. The highest BCUT2D eigenvalue weighted by Crippen LogP contribution is 2.30. The van der Waals surface area contributed by atoms with E-state index in [0.29, 0.717) is 28.3 Å². The molecule has 2 aromatic heterocycles. The first kappa shape index (κ1) is 16.4. The van der Waals surface area contributed by atoms with Crippen LogP contribution in [0.3, 0.4) is 0 Å². The number of fused-ring (bicyclic) bond motifs is 1. The molecule has 0 bridgehead atoms. The second-order valence-corrected chi connectivity index (χ2v) is 7.15. The van der Waals surface area contributed by atoms with Crippen LogP contribution in [0, 0.1) is 6.92 Å². The SMILES string of the molecule is Bc1ccc(-c2noc(C)c2C(=O)c2cc3n(c2)C(C)(C)NC3=O)cc1. The molecule has 26 heavy (non-hydrogen) atoms. The molecule has 0 saturated carbocycles. The van der Waals surface area contributed by atoms with Gasteiger partial charge in [0.1, 0.15) is 30.7 Å². The molecule has 1 aliphatic rings. The topological polar surface area (TPSA) is 77.1 Å². The summed E-state index contributed by atoms with van der Waals surface area (Å²) in [5.74, 6) is 0.0697. The summed E-state index contributed by atoms with van der Waals surface area (Å²) < 4.78 is 7.09. The molecule has 3 heterocycles. The number of benzene rings is 1. The van der Waals surface area contributed by atoms with Crippen LogP contribution in [0.5, 0.6) is 0 Å². The first-order chi connectivity index (χ1) is 12.3. The zero-order valence-electron chi connectivity index (χ0n) is 15.1. The largest absolute Gasteiger partial charge is 0.360 e. The van der Waals surface area contributed by atoms with Crippen LogP contribution in [0.15, 0.2) is 41.1 Å². The van der Waals surface area contributed by atoms with Gasteiger partial charge in [-0.2, -0.15) is 0 Å². The summed E-state index contributed by atoms with van der Waals surface area (Å²) in [7, 11) is 2.00. The number of aryl methyl sites for hydroxylation is 1. The number of aromatic nitrogens is 2. The van der Waals surface area contributed by atoms with Gasteiger partial charge in [0.15, 0.2) is 5.78 Å². The molecule has 0 unspecified atom stereocenters. The van der Waals surface area contributed by atoms with E-state index in [-0.39, 0.29) is 11.7 Å². The minimum absolute atomic E-state index is 0.185. The molecule has 0 spiro atoms. The number of carbonyl (C=O) groups is 2. The van der Waals surface area contributed by atoms with Crippen molar-refractivity contribution in [2.45, 2.75) is 26.4 Å². The second kappa shape index (κ2) is 5.46. The Morgan fingerprint density at radius 2 is 1.96 bits per heavy atom. The third-order valence-corrected chi connectivity index (χ3v) is 4.75. The van der Waals surface area contributed by atoms with Gasteiger partial charge in [-0.15, -0.1) is 0 Å². The standard InChI is InChI=1S/C19H18BN3O3/c1-10-15(16(22-26-10)11-4-6-13(20)7-5-11)17(24)12-8-14-18(25)21-19(2,3)23(14)9-12/h4-9H,20H2,1-3H3,(H,21,25). The molecule has 0 atom stereocenters. The fraction of sp³-hybridized carbons (Fsp3) is 0.211. The van der Waals surface area contributed by atoms with Crippen molar-refractivity contribution in [3.05, 3.63) is 59.1 Å². The fourth-order valence-corrected chi connectivity index (χ4v) is 3.32. The summed E-state index contributed by atoms with van der Waals surface area (Å²) in [5.41, 5.74) is 3.25. The average Bonchev–Trinajstić information content (AvgIpc) is 3.24. The predicted octanol–water partition coefficient (Wildman–Crippen LogP) is 1.38. The Balaban J connectivity index is 1.79. The Hall–Kier alpha value is -3.09. The summed E-state index contributed by atoms with van der Waals surface area (Å²) in [4.78, 5) is 25.3. The van der Waals surface area contributed by atoms with Gasteiger partial charge >= 0.3 is 0 Å². The Morgan fingerprint density at radius 1 is 1.27 bits per heavy atom. The second-order valence-electron chi connectivity index (χ2n) is 7.15. The Labute approximate surface area is 151 Å². The molecule has 6 nitrogen and oxygen atoms in total. The van der Waals surface area contributed by atoms with Crippen LogP contribution >= 0.6 is 0 Å². The number of hydrogen-bond acceptors (Lipinski definition) is 4. The highest BCUT2D eigenvalue weighted by molar-refractivity contribution is 6.32. The molecule has 130 valence electrons. The quantitative estimate of drug-likeness (QED) is 0.574. The molecule has 1 N–H and O–H groups in total. The number of nitrogens with one attached hydrogen (secondary N) is 1. The number of ketones is 1. The van der Waals surface area contributed by atoms with Crippen LogP contribution in [0.2, 0.25) is 0 Å². The van der Waals surface area contributed by atoms with E-state index >= 15 is 0 Å². The van der Waals surface area contributed by atoms with Gasteiger partial charge in [-0.1, -0.05) is 34.9 Å². The molecule has 4 rings (SSSR count). The molecule has 0 fully saturated rings. The van der Waals surface area contributed by atoms with E-state index in [4.69, 9.17) is 4.52 Å². The van der Waals surface area contributed by atoms with Gasteiger partial charge in [0.05, 0.1) is 5.56 Å². The molecular weight excluding hydrogens is 329 g/mol. The third kappa shape index (κ3) is 2.39. The van der Waals surface area contributed by atoms with Crippen molar-refractivity contribution in [2.75, 3.05) is 0 Å². The van der Waals surface area contributed by atoms with Crippen LogP contribution in [0.4, 0.5) is 0 Å². The maximum atomic E-state index is 13.2. The maximum absolute atomic E-state index is 13.2. The predicted molar refractivity (Wildman–Crippen MR) is 99.5 cm³/mol. The van der Waals surface area contributed by atoms with Gasteiger partial charge in [0.25, 0.3) is 5.91 Å². The number of carbonyl (C=O) groups excluding carboxylic acids is 2. The van der Waals surface area contributed by atoms with Crippen molar-refractivity contribution in [1.82, 2.24) is 15.0 Å². The molecule has 7 heteroatoms. The number of amides is 1. The van der Waals surface area contributed by atoms with Crippen molar-refractivity contribution in [3.8, 4) is 11.3 Å². The Kier molecular flexibility index (Phi) is 3.44. The summed E-state index contributed by atoms with van der Waals surface area (Å²) in [6, 6.07) is 9.39. The van der Waals surface area contributed by atoms with Crippen molar-refractivity contribution >= 4 is 25.0 Å². The molecule has 0 radical (unpaired) electrons. The fourth-order valence-electron chi connectivity index (χ4n) is 3.32. The number of rotatable bonds is 3. The van der Waals surface area contributed by atoms with Gasteiger partial charge in [-0.3, -0.25) is 9.59 Å². The van der Waals surface area contributed by atoms with Gasteiger partial charge in [0, 0.05) is 17.3 Å². The van der Waals surface area contributed by atoms with E-state index in [1.165, 1.54) is 0 Å². The Morgan fingerprint density at radius 3 is 2.62 bits per heavy atom. The van der Waals surface area contributed by atoms with Crippen LogP contribution in [0.1, 0.15) is 46.0 Å². The molecule has 1 aliphatic heterocycles. The van der Waals surface area contributed by atoms with Crippen molar-refractivity contribution in [3.63, 3.8) is 0 Å². The molecule has 0 aliphatic carbocycles. The average molecular weight is 347 g/mol. The van der Waals surface area contributed by atoms with E-state index in [9.17, 15) is 9.59 Å². The summed E-state index contributed by atoms with van der Waals surface area (Å²) >= 11 is 0. The lowest BCUT2D eigenvalue weighted by Crippen LogP contribution is -2.36. The summed E-state index contributed by atoms with van der Waals surface area (Å²) in [6.07, 6.45) is 1.71. The molecule has 1 aromatic carbocycles. The zero-order valence-corrected chi connectivity index (χ0v) is 15.1. The van der Waals surface area contributed by atoms with E-state index < -0.39 is 5.66 Å². The van der Waals surface area contributed by atoms with Gasteiger partial charge in [0.2, 0.25) is 0 Å². The van der Waals surface area contributed by atoms with Crippen molar-refractivity contribution in [2.24, 2.45) is 0 Å². The van der Waals surface area contributed by atoms with E-state index in [0.717, 1.165) is 11.0 Å². The first-order valence-corrected chi connectivity index (χ1v) is 8.41. The van der Waals surface area contributed by atoms with E-state index in [1.807, 2.05) is 46.0 Å². The highest BCUT2D eigenvalue weighted by atomic mass is 16.5. The van der Waals surface area contributed by atoms with E-state index in [2.05, 4.69) is 10.5 Å². The number of hydrogen-bond donors (Lipinski definition) is 1. The van der Waals surface area contributed by atoms with Crippen molar-refractivity contribution < 1.29 is 14.1 Å². The van der Waals surface area contributed by atoms with Gasteiger partial charge < -0.3 is 14.4 Å². The monoisotopic (exact) mass is 347 g/mol. The lowest BCUT2D eigenvalue weighted by molar-refractivity contribution is 0.0934.